The average molecular weight is 274 g/mol. The zero-order chi connectivity index (χ0) is 14.4. The Morgan fingerprint density at radius 3 is 2.55 bits per heavy atom. The van der Waals surface area contributed by atoms with Crippen LogP contribution in [0.25, 0.3) is 0 Å². The first-order valence-electron chi connectivity index (χ1n) is 7.74. The van der Waals surface area contributed by atoms with Crippen molar-refractivity contribution in [1.29, 1.82) is 0 Å². The minimum atomic E-state index is 0.255. The topological polar surface area (TPSA) is 46.3 Å². The van der Waals surface area contributed by atoms with Crippen molar-refractivity contribution in [3.63, 3.8) is 0 Å². The van der Waals surface area contributed by atoms with Crippen molar-refractivity contribution in [3.05, 3.63) is 35.9 Å². The van der Waals surface area contributed by atoms with Crippen LogP contribution in [0.2, 0.25) is 0 Å². The van der Waals surface area contributed by atoms with Crippen molar-refractivity contribution in [2.75, 3.05) is 13.1 Å². The summed E-state index contributed by atoms with van der Waals surface area (Å²) in [5.41, 5.74) is 7.25. The van der Waals surface area contributed by atoms with Crippen LogP contribution in [-0.2, 0) is 11.2 Å². The van der Waals surface area contributed by atoms with Gasteiger partial charge in [0, 0.05) is 25.6 Å². The van der Waals surface area contributed by atoms with Crippen molar-refractivity contribution >= 4 is 5.91 Å². The van der Waals surface area contributed by atoms with E-state index < -0.39 is 0 Å². The number of rotatable bonds is 5. The van der Waals surface area contributed by atoms with Crippen molar-refractivity contribution in [2.24, 2.45) is 11.7 Å². The second-order valence-electron chi connectivity index (χ2n) is 5.92. The van der Waals surface area contributed by atoms with Gasteiger partial charge < -0.3 is 10.6 Å². The molecule has 0 bridgehead atoms. The van der Waals surface area contributed by atoms with Gasteiger partial charge in [-0.25, -0.2) is 0 Å². The van der Waals surface area contributed by atoms with Crippen LogP contribution in [0.5, 0.6) is 0 Å². The van der Waals surface area contributed by atoms with Crippen molar-refractivity contribution in [3.8, 4) is 0 Å². The maximum absolute atomic E-state index is 12.2. The van der Waals surface area contributed by atoms with E-state index in [1.807, 2.05) is 11.0 Å². The summed E-state index contributed by atoms with van der Waals surface area (Å²) < 4.78 is 0. The Bertz CT molecular complexity index is 408. The highest BCUT2D eigenvalue weighted by Crippen LogP contribution is 2.20. The number of likely N-dealkylation sites (tertiary alicyclic amines) is 1. The Labute approximate surface area is 122 Å². The molecule has 3 heteroatoms. The third-order valence-electron chi connectivity index (χ3n) is 4.33. The molecule has 1 aromatic carbocycles. The van der Waals surface area contributed by atoms with Gasteiger partial charge in [0.2, 0.25) is 5.91 Å². The fraction of sp³-hybridized carbons (Fsp3) is 0.588. The second-order valence-corrected chi connectivity index (χ2v) is 5.92. The number of benzene rings is 1. The van der Waals surface area contributed by atoms with Crippen LogP contribution in [0.15, 0.2) is 30.3 Å². The van der Waals surface area contributed by atoms with Gasteiger partial charge in [0.1, 0.15) is 0 Å². The standard InChI is InChI=1S/C17H26N2O/c1-14(18)16-10-12-19(13-11-16)17(20)9-5-8-15-6-3-2-4-7-15/h2-4,6-7,14,16H,5,8-13,18H2,1H3. The minimum absolute atomic E-state index is 0.255. The SMILES string of the molecule is CC(N)C1CCN(C(=O)CCCc2ccccc2)CC1. The fourth-order valence-electron chi connectivity index (χ4n) is 2.92. The van der Waals surface area contributed by atoms with Gasteiger partial charge in [-0.2, -0.15) is 0 Å². The normalized spacial score (nSPS) is 18.0. The Kier molecular flexibility index (Phi) is 5.60. The van der Waals surface area contributed by atoms with E-state index in [2.05, 4.69) is 31.2 Å². The molecule has 1 aliphatic rings. The summed E-state index contributed by atoms with van der Waals surface area (Å²) in [5, 5.41) is 0. The Morgan fingerprint density at radius 2 is 1.95 bits per heavy atom. The summed E-state index contributed by atoms with van der Waals surface area (Å²) in [6.07, 6.45) is 4.71. The van der Waals surface area contributed by atoms with Gasteiger partial charge in [0.05, 0.1) is 0 Å². The number of hydrogen-bond acceptors (Lipinski definition) is 2. The first-order chi connectivity index (χ1) is 9.66. The fourth-order valence-corrected chi connectivity index (χ4v) is 2.92. The van der Waals surface area contributed by atoms with E-state index in [0.717, 1.165) is 38.8 Å². The molecule has 2 N–H and O–H groups in total. The molecule has 110 valence electrons. The van der Waals surface area contributed by atoms with E-state index in [9.17, 15) is 4.79 Å². The summed E-state index contributed by atoms with van der Waals surface area (Å²) in [7, 11) is 0. The molecule has 1 aliphatic heterocycles. The number of hydrogen-bond donors (Lipinski definition) is 1. The highest BCUT2D eigenvalue weighted by atomic mass is 16.2. The maximum Gasteiger partial charge on any atom is 0.222 e. The lowest BCUT2D eigenvalue weighted by molar-refractivity contribution is -0.132. The Hall–Kier alpha value is -1.35. The molecular weight excluding hydrogens is 248 g/mol. The van der Waals surface area contributed by atoms with Crippen molar-refractivity contribution in [2.45, 2.75) is 45.1 Å². The van der Waals surface area contributed by atoms with E-state index >= 15 is 0 Å². The highest BCUT2D eigenvalue weighted by molar-refractivity contribution is 5.76. The number of aryl methyl sites for hydroxylation is 1. The molecule has 20 heavy (non-hydrogen) atoms. The minimum Gasteiger partial charge on any atom is -0.343 e. The third-order valence-corrected chi connectivity index (χ3v) is 4.33. The molecule has 1 saturated heterocycles. The number of carbonyl (C=O) groups excluding carboxylic acids is 1. The van der Waals surface area contributed by atoms with Gasteiger partial charge in [-0.15, -0.1) is 0 Å². The van der Waals surface area contributed by atoms with Gasteiger partial charge in [0.25, 0.3) is 0 Å². The summed E-state index contributed by atoms with van der Waals surface area (Å²) in [5.74, 6) is 0.896. The number of nitrogens with zero attached hydrogens (tertiary/aromatic N) is 1. The zero-order valence-corrected chi connectivity index (χ0v) is 12.4. The Balaban J connectivity index is 1.68. The first kappa shape index (κ1) is 15.0. The van der Waals surface area contributed by atoms with E-state index in [-0.39, 0.29) is 6.04 Å². The summed E-state index contributed by atoms with van der Waals surface area (Å²) in [6, 6.07) is 10.6. The quantitative estimate of drug-likeness (QED) is 0.897. The number of nitrogens with two attached hydrogens (primary N) is 1. The molecule has 1 aromatic rings. The molecule has 0 aliphatic carbocycles. The first-order valence-corrected chi connectivity index (χ1v) is 7.74. The van der Waals surface area contributed by atoms with Gasteiger partial charge in [-0.3, -0.25) is 4.79 Å². The monoisotopic (exact) mass is 274 g/mol. The van der Waals surface area contributed by atoms with Crippen molar-refractivity contribution in [1.82, 2.24) is 4.90 Å². The lowest BCUT2D eigenvalue weighted by atomic mass is 9.91. The molecule has 0 aromatic heterocycles. The van der Waals surface area contributed by atoms with Crippen LogP contribution in [0, 0.1) is 5.92 Å². The molecular formula is C17H26N2O. The molecule has 0 radical (unpaired) electrons. The average Bonchev–Trinajstić information content (AvgIpc) is 2.48. The number of piperidine rings is 1. The summed E-state index contributed by atoms with van der Waals surface area (Å²) in [4.78, 5) is 14.2. The van der Waals surface area contributed by atoms with E-state index in [0.29, 0.717) is 18.2 Å². The third kappa shape index (κ3) is 4.34. The lowest BCUT2D eigenvalue weighted by Gasteiger charge is -2.33. The predicted molar refractivity (Wildman–Crippen MR) is 82.3 cm³/mol. The zero-order valence-electron chi connectivity index (χ0n) is 12.4. The molecule has 1 heterocycles. The van der Waals surface area contributed by atoms with Crippen LogP contribution in [-0.4, -0.2) is 29.9 Å². The maximum atomic E-state index is 12.2. The van der Waals surface area contributed by atoms with Gasteiger partial charge in [-0.1, -0.05) is 30.3 Å². The molecule has 1 fully saturated rings. The summed E-state index contributed by atoms with van der Waals surface area (Å²) >= 11 is 0. The molecule has 2 rings (SSSR count). The molecule has 0 saturated carbocycles. The van der Waals surface area contributed by atoms with Crippen molar-refractivity contribution < 1.29 is 4.79 Å². The van der Waals surface area contributed by atoms with E-state index in [4.69, 9.17) is 5.73 Å². The van der Waals surface area contributed by atoms with Gasteiger partial charge in [0.15, 0.2) is 0 Å². The molecule has 1 atom stereocenters. The van der Waals surface area contributed by atoms with Gasteiger partial charge >= 0.3 is 0 Å². The number of carbonyl (C=O) groups is 1. The molecule has 1 amide bonds. The second kappa shape index (κ2) is 7.44. The van der Waals surface area contributed by atoms with Crippen LogP contribution in [0.3, 0.4) is 0 Å². The highest BCUT2D eigenvalue weighted by Gasteiger charge is 2.24. The smallest absolute Gasteiger partial charge is 0.222 e. The molecule has 3 nitrogen and oxygen atoms in total. The Morgan fingerprint density at radius 1 is 1.30 bits per heavy atom. The molecule has 0 spiro atoms. The van der Waals surface area contributed by atoms with Crippen LogP contribution in [0.1, 0.15) is 38.2 Å². The van der Waals surface area contributed by atoms with Crippen LogP contribution >= 0.6 is 0 Å². The van der Waals surface area contributed by atoms with Gasteiger partial charge in [-0.05, 0) is 44.1 Å². The molecule has 1 unspecified atom stereocenters. The van der Waals surface area contributed by atoms with E-state index in [1.54, 1.807) is 0 Å². The lowest BCUT2D eigenvalue weighted by Crippen LogP contribution is -2.42. The number of amides is 1. The van der Waals surface area contributed by atoms with Crippen LogP contribution < -0.4 is 5.73 Å². The largest absolute Gasteiger partial charge is 0.343 e. The predicted octanol–water partition coefficient (Wildman–Crippen LogP) is 2.60. The van der Waals surface area contributed by atoms with Crippen LogP contribution in [0.4, 0.5) is 0 Å². The summed E-state index contributed by atoms with van der Waals surface area (Å²) in [6.45, 7) is 3.84. The van der Waals surface area contributed by atoms with E-state index in [1.165, 1.54) is 5.56 Å².